The number of anilines is 1. The van der Waals surface area contributed by atoms with Crippen LogP contribution in [-0.2, 0) is 20.8 Å². The lowest BCUT2D eigenvalue weighted by atomic mass is 10.0. The van der Waals surface area contributed by atoms with Gasteiger partial charge in [0.05, 0.1) is 11.6 Å². The Balaban J connectivity index is 0.00000133. The van der Waals surface area contributed by atoms with Crippen LogP contribution >= 0.6 is 0 Å². The van der Waals surface area contributed by atoms with Crippen molar-refractivity contribution in [3.05, 3.63) is 125 Å². The second-order valence-electron chi connectivity index (χ2n) is 12.7. The summed E-state index contributed by atoms with van der Waals surface area (Å²) < 4.78 is 20.5. The largest absolute Gasteiger partial charge is 0.444 e. The van der Waals surface area contributed by atoms with E-state index in [4.69, 9.17) is 9.57 Å². The zero-order valence-electron chi connectivity index (χ0n) is 30.7. The average molecular weight is 697 g/mol. The number of aldehydes is 1. The van der Waals surface area contributed by atoms with Gasteiger partial charge in [-0.05, 0) is 87.2 Å². The van der Waals surface area contributed by atoms with E-state index in [1.165, 1.54) is 12.5 Å². The molecular formula is C41H49FN4O5. The number of ether oxygens (including phenoxy) is 1. The minimum Gasteiger partial charge on any atom is -0.444 e. The van der Waals surface area contributed by atoms with Crippen LogP contribution < -0.4 is 16.1 Å². The highest BCUT2D eigenvalue weighted by atomic mass is 19.1. The summed E-state index contributed by atoms with van der Waals surface area (Å²) in [7, 11) is 0. The third-order valence-electron chi connectivity index (χ3n) is 7.09. The molecule has 270 valence electrons. The van der Waals surface area contributed by atoms with Gasteiger partial charge in [-0.15, -0.1) is 0 Å². The lowest BCUT2D eigenvalue weighted by molar-refractivity contribution is -0.109. The molecule has 51 heavy (non-hydrogen) atoms. The molecule has 9 nitrogen and oxygen atoms in total. The molecule has 5 rings (SSSR count). The van der Waals surface area contributed by atoms with Crippen LogP contribution in [0.1, 0.15) is 93.7 Å². The van der Waals surface area contributed by atoms with Crippen molar-refractivity contribution in [2.24, 2.45) is 4.99 Å². The molecule has 10 heteroatoms. The summed E-state index contributed by atoms with van der Waals surface area (Å²) in [6.45, 7) is 15.6. The number of carbonyl (C=O) groups excluding carboxylic acids is 3. The molecule has 4 aromatic carbocycles. The van der Waals surface area contributed by atoms with Crippen LogP contribution in [0.5, 0.6) is 0 Å². The summed E-state index contributed by atoms with van der Waals surface area (Å²) >= 11 is 0. The van der Waals surface area contributed by atoms with Gasteiger partial charge in [-0.25, -0.2) is 24.5 Å². The van der Waals surface area contributed by atoms with Gasteiger partial charge >= 0.3 is 6.09 Å². The third kappa shape index (κ3) is 12.2. The van der Waals surface area contributed by atoms with Crippen molar-refractivity contribution >= 4 is 29.8 Å². The first-order valence-electron chi connectivity index (χ1n) is 17.2. The number of hydrogen-bond acceptors (Lipinski definition) is 7. The number of benzene rings is 4. The number of aliphatic imine (C=N–C) groups is 1. The molecule has 2 amide bonds. The molecule has 1 aliphatic heterocycles. The van der Waals surface area contributed by atoms with Gasteiger partial charge in [0.15, 0.2) is 5.84 Å². The Hall–Kier alpha value is -5.35. The number of rotatable bonds is 9. The third-order valence-corrected chi connectivity index (χ3v) is 7.09. The van der Waals surface area contributed by atoms with Gasteiger partial charge in [-0.3, -0.25) is 10.1 Å². The number of carbonyl (C=O) groups is 3. The van der Waals surface area contributed by atoms with Crippen molar-refractivity contribution in [1.29, 1.82) is 0 Å². The Morgan fingerprint density at radius 1 is 0.961 bits per heavy atom. The number of halogens is 1. The van der Waals surface area contributed by atoms with Crippen molar-refractivity contribution in [1.82, 2.24) is 10.8 Å². The molecule has 0 radical (unpaired) electrons. The fourth-order valence-electron chi connectivity index (χ4n) is 4.80. The molecule has 0 bridgehead atoms. The number of amidine groups is 1. The summed E-state index contributed by atoms with van der Waals surface area (Å²) in [5.41, 5.74) is 7.41. The van der Waals surface area contributed by atoms with Crippen LogP contribution in [0.2, 0.25) is 0 Å². The van der Waals surface area contributed by atoms with Gasteiger partial charge in [0, 0.05) is 16.8 Å². The van der Waals surface area contributed by atoms with Gasteiger partial charge in [-0.1, -0.05) is 94.3 Å². The first kappa shape index (κ1) is 40.1. The highest BCUT2D eigenvalue weighted by Crippen LogP contribution is 2.26. The Morgan fingerprint density at radius 2 is 1.63 bits per heavy atom. The number of nitrogens with zero attached hydrogens (tertiary/aromatic N) is 1. The Labute approximate surface area is 300 Å². The van der Waals surface area contributed by atoms with E-state index in [0.717, 1.165) is 16.7 Å². The van der Waals surface area contributed by atoms with Gasteiger partial charge in [0.25, 0.3) is 5.91 Å². The maximum Gasteiger partial charge on any atom is 0.412 e. The first-order chi connectivity index (χ1) is 24.4. The summed E-state index contributed by atoms with van der Waals surface area (Å²) in [4.78, 5) is 46.9. The minimum absolute atomic E-state index is 0.104. The van der Waals surface area contributed by atoms with E-state index >= 15 is 4.39 Å². The fraction of sp³-hybridized carbons (Fsp3) is 0.317. The monoisotopic (exact) mass is 696 g/mol. The maximum absolute atomic E-state index is 15.2. The number of hydroxylamine groups is 1. The summed E-state index contributed by atoms with van der Waals surface area (Å²) in [5.74, 6) is -0.755. The predicted octanol–water partition coefficient (Wildman–Crippen LogP) is 9.11. The number of hydrogen-bond donors (Lipinski definition) is 3. The molecule has 1 aliphatic rings. The Bertz CT molecular complexity index is 1780. The average Bonchev–Trinajstić information content (AvgIpc) is 3.59. The SMILES string of the molecule is CC.CCC.Cc1ccc(-c2cccc(C(=O)NC(C=O)Cc3ccc(C4=NC(c5ccc(NC(=O)OC(C)(C)C)cc5)ON4)c(F)c3)c2)cc1. The fourth-order valence-corrected chi connectivity index (χ4v) is 4.80. The van der Waals surface area contributed by atoms with Crippen molar-refractivity contribution in [2.75, 3.05) is 5.32 Å². The van der Waals surface area contributed by atoms with E-state index in [9.17, 15) is 14.4 Å². The highest BCUT2D eigenvalue weighted by molar-refractivity contribution is 5.99. The molecule has 2 atom stereocenters. The molecule has 0 fully saturated rings. The van der Waals surface area contributed by atoms with Crippen LogP contribution in [-0.4, -0.2) is 35.8 Å². The van der Waals surface area contributed by atoms with E-state index < -0.39 is 35.7 Å². The van der Waals surface area contributed by atoms with Crippen LogP contribution in [0.3, 0.4) is 0 Å². The van der Waals surface area contributed by atoms with E-state index in [-0.39, 0.29) is 17.8 Å². The molecule has 0 saturated heterocycles. The van der Waals surface area contributed by atoms with Crippen molar-refractivity contribution in [3.63, 3.8) is 0 Å². The number of amides is 2. The molecule has 0 aliphatic carbocycles. The lowest BCUT2D eigenvalue weighted by Crippen LogP contribution is -2.37. The molecule has 0 saturated carbocycles. The Kier molecular flexibility index (Phi) is 15.1. The highest BCUT2D eigenvalue weighted by Gasteiger charge is 2.24. The maximum atomic E-state index is 15.2. The van der Waals surface area contributed by atoms with E-state index in [2.05, 4.69) is 35.0 Å². The van der Waals surface area contributed by atoms with Crippen molar-refractivity contribution < 1.29 is 28.3 Å². The van der Waals surface area contributed by atoms with Crippen molar-refractivity contribution in [3.8, 4) is 11.1 Å². The quantitative estimate of drug-likeness (QED) is 0.150. The van der Waals surface area contributed by atoms with E-state index in [1.807, 2.05) is 51.1 Å². The molecule has 2 unspecified atom stereocenters. The summed E-state index contributed by atoms with van der Waals surface area (Å²) in [6.07, 6.45) is 0.697. The molecule has 0 spiro atoms. The lowest BCUT2D eigenvalue weighted by Gasteiger charge is -2.19. The Morgan fingerprint density at radius 3 is 2.24 bits per heavy atom. The predicted molar refractivity (Wildman–Crippen MR) is 201 cm³/mol. The van der Waals surface area contributed by atoms with Gasteiger partial charge in [-0.2, -0.15) is 0 Å². The minimum atomic E-state index is -0.858. The van der Waals surface area contributed by atoms with Crippen LogP contribution in [0.15, 0.2) is 96.0 Å². The van der Waals surface area contributed by atoms with Crippen LogP contribution in [0.25, 0.3) is 11.1 Å². The molecule has 0 aromatic heterocycles. The second kappa shape index (κ2) is 19.2. The zero-order valence-corrected chi connectivity index (χ0v) is 30.7. The molecule has 1 heterocycles. The summed E-state index contributed by atoms with van der Waals surface area (Å²) in [5, 5.41) is 5.40. The van der Waals surface area contributed by atoms with Crippen LogP contribution in [0.4, 0.5) is 14.9 Å². The standard InChI is InChI=1S/C36H35FN4O5.C3H8.C2H6/c1-22-8-11-24(12-9-22)26-6-5-7-27(20-26)33(43)38-29(21-42)18-23-10-17-30(31(37)19-23)32-40-34(46-41-32)25-13-15-28(16-14-25)39-35(44)45-36(2,3)4;1-3-2;1-2/h5-17,19-21,29,34H,18H2,1-4H3,(H,38,43)(H,39,44)(H,40,41);3H2,1-2H3;1-2H3. The van der Waals surface area contributed by atoms with E-state index in [1.54, 1.807) is 75.4 Å². The van der Waals surface area contributed by atoms with Gasteiger partial charge in [0.2, 0.25) is 6.23 Å². The molecular weight excluding hydrogens is 647 g/mol. The first-order valence-corrected chi connectivity index (χ1v) is 17.2. The van der Waals surface area contributed by atoms with E-state index in [0.29, 0.717) is 28.7 Å². The van der Waals surface area contributed by atoms with Crippen LogP contribution in [0, 0.1) is 12.7 Å². The number of aryl methyl sites for hydroxylation is 1. The number of nitrogens with one attached hydrogen (secondary N) is 3. The van der Waals surface area contributed by atoms with Crippen molar-refractivity contribution in [2.45, 2.75) is 86.1 Å². The van der Waals surface area contributed by atoms with Gasteiger partial charge in [0.1, 0.15) is 17.7 Å². The topological polar surface area (TPSA) is 118 Å². The summed E-state index contributed by atoms with van der Waals surface area (Å²) in [6, 6.07) is 25.7. The molecule has 4 aromatic rings. The zero-order chi connectivity index (χ0) is 37.6. The normalized spacial score (nSPS) is 13.9. The van der Waals surface area contributed by atoms with Gasteiger partial charge < -0.3 is 14.8 Å². The molecule has 3 N–H and O–H groups in total. The second-order valence-corrected chi connectivity index (χ2v) is 12.7. The smallest absolute Gasteiger partial charge is 0.412 e.